The molecule has 0 saturated carbocycles. The van der Waals surface area contributed by atoms with E-state index in [2.05, 4.69) is 17.3 Å². The predicted molar refractivity (Wildman–Crippen MR) is 138 cm³/mol. The molecule has 1 amide bonds. The molecule has 10 heteroatoms. The van der Waals surface area contributed by atoms with Crippen molar-refractivity contribution in [1.82, 2.24) is 10.2 Å². The molecular weight excluding hydrogens is 481 g/mol. The summed E-state index contributed by atoms with van der Waals surface area (Å²) in [6.45, 7) is 2.42. The number of nitrogens with one attached hydrogen (secondary N) is 1. The van der Waals surface area contributed by atoms with Crippen LogP contribution in [-0.2, 0) is 6.42 Å². The Balaban J connectivity index is 0.00000289. The average Bonchev–Trinajstić information content (AvgIpc) is 2.79. The van der Waals surface area contributed by atoms with Crippen molar-refractivity contribution in [2.45, 2.75) is 25.3 Å². The first-order valence-corrected chi connectivity index (χ1v) is 10.8. The van der Waals surface area contributed by atoms with E-state index in [1.165, 1.54) is 21.3 Å². The van der Waals surface area contributed by atoms with Crippen molar-refractivity contribution in [3.8, 4) is 28.7 Å². The van der Waals surface area contributed by atoms with Crippen molar-refractivity contribution in [3.63, 3.8) is 0 Å². The fourth-order valence-electron chi connectivity index (χ4n) is 3.99. The molecule has 1 saturated heterocycles. The lowest BCUT2D eigenvalue weighted by molar-refractivity contribution is 0.0908. The second kappa shape index (κ2) is 14.1. The first kappa shape index (κ1) is 29.6. The average molecular weight is 516 g/mol. The number of benzene rings is 2. The summed E-state index contributed by atoms with van der Waals surface area (Å²) in [7, 11) is 6.58. The number of rotatable bonds is 9. The summed E-state index contributed by atoms with van der Waals surface area (Å²) in [5.74, 6) is 1.68. The van der Waals surface area contributed by atoms with Crippen molar-refractivity contribution in [2.24, 2.45) is 5.73 Å². The molecule has 0 aromatic heterocycles. The minimum atomic E-state index is -0.244. The molecule has 8 nitrogen and oxygen atoms in total. The Kier molecular flexibility index (Phi) is 12.3. The van der Waals surface area contributed by atoms with E-state index in [-0.39, 0.29) is 36.8 Å². The van der Waals surface area contributed by atoms with Gasteiger partial charge in [0.15, 0.2) is 11.5 Å². The van der Waals surface area contributed by atoms with E-state index in [4.69, 9.17) is 24.7 Å². The number of likely N-dealkylation sites (N-methyl/N-ethyl adjacent to an activating group) is 1. The molecule has 2 aromatic carbocycles. The lowest BCUT2D eigenvalue weighted by atomic mass is 10.0. The van der Waals surface area contributed by atoms with Crippen LogP contribution in [0.5, 0.6) is 28.7 Å². The Morgan fingerprint density at radius 3 is 2.26 bits per heavy atom. The molecule has 1 aliphatic heterocycles. The zero-order chi connectivity index (χ0) is 23.1. The fourth-order valence-corrected chi connectivity index (χ4v) is 3.99. The van der Waals surface area contributed by atoms with Crippen molar-refractivity contribution >= 4 is 30.7 Å². The monoisotopic (exact) mass is 515 g/mol. The van der Waals surface area contributed by atoms with Gasteiger partial charge in [-0.2, -0.15) is 0 Å². The van der Waals surface area contributed by atoms with Crippen molar-refractivity contribution in [1.29, 1.82) is 0 Å². The first-order chi connectivity index (χ1) is 15.5. The highest BCUT2D eigenvalue weighted by atomic mass is 35.5. The van der Waals surface area contributed by atoms with E-state index in [0.29, 0.717) is 40.9 Å². The normalized spacial score (nSPS) is 15.4. The van der Waals surface area contributed by atoms with Crippen LogP contribution in [0.4, 0.5) is 0 Å². The second-order valence-electron chi connectivity index (χ2n) is 7.88. The largest absolute Gasteiger partial charge is 0.492 e. The number of ether oxygens (including phenoxy) is 4. The number of nitrogens with zero attached hydrogens (tertiary/aromatic N) is 1. The third kappa shape index (κ3) is 7.06. The van der Waals surface area contributed by atoms with E-state index in [1.807, 2.05) is 24.3 Å². The molecule has 3 rings (SSSR count). The van der Waals surface area contributed by atoms with Crippen LogP contribution < -0.4 is 30.0 Å². The Labute approximate surface area is 213 Å². The number of hydrogen-bond donors (Lipinski definition) is 2. The van der Waals surface area contributed by atoms with Gasteiger partial charge in [-0.3, -0.25) is 4.79 Å². The minimum absolute atomic E-state index is 0. The molecule has 34 heavy (non-hydrogen) atoms. The Morgan fingerprint density at radius 2 is 1.71 bits per heavy atom. The van der Waals surface area contributed by atoms with E-state index >= 15 is 0 Å². The van der Waals surface area contributed by atoms with E-state index in [0.717, 1.165) is 37.9 Å². The molecule has 1 atom stereocenters. The maximum absolute atomic E-state index is 13.2. The third-order valence-corrected chi connectivity index (χ3v) is 5.56. The standard InChI is InChI=1S/C24H33N3O5.2ClH/c1-27-13-5-6-17(15-27)26-24(28)19-14-20(22(30-3)23(31-4)21(19)29-2)32-18-9-7-16(8-10-18)11-12-25;;/h7-10,14,17H,5-6,11-13,15,25H2,1-4H3,(H,26,28);2*1H. The van der Waals surface area contributed by atoms with Gasteiger partial charge in [-0.1, -0.05) is 12.1 Å². The van der Waals surface area contributed by atoms with Gasteiger partial charge in [0.05, 0.1) is 26.9 Å². The number of carbonyl (C=O) groups is 1. The Hall–Kier alpha value is -2.39. The number of hydrogen-bond acceptors (Lipinski definition) is 7. The Bertz CT molecular complexity index is 928. The van der Waals surface area contributed by atoms with Gasteiger partial charge in [-0.05, 0) is 57.1 Å². The lowest BCUT2D eigenvalue weighted by Gasteiger charge is -2.30. The third-order valence-electron chi connectivity index (χ3n) is 5.56. The van der Waals surface area contributed by atoms with Gasteiger partial charge in [0.2, 0.25) is 11.5 Å². The molecule has 0 spiro atoms. The molecule has 0 bridgehead atoms. The Morgan fingerprint density at radius 1 is 1.06 bits per heavy atom. The van der Waals surface area contributed by atoms with Gasteiger partial charge in [0.1, 0.15) is 5.75 Å². The number of likely N-dealkylation sites (tertiary alicyclic amines) is 1. The second-order valence-corrected chi connectivity index (χ2v) is 7.88. The van der Waals surface area contributed by atoms with Gasteiger partial charge in [-0.15, -0.1) is 24.8 Å². The molecular formula is C24H35Cl2N3O5. The van der Waals surface area contributed by atoms with Crippen molar-refractivity contribution < 1.29 is 23.7 Å². The van der Waals surface area contributed by atoms with Gasteiger partial charge in [0.25, 0.3) is 5.91 Å². The highest BCUT2D eigenvalue weighted by Crippen LogP contribution is 2.48. The highest BCUT2D eigenvalue weighted by molar-refractivity contribution is 5.99. The maximum atomic E-state index is 13.2. The molecule has 2 aromatic rings. The number of amides is 1. The number of piperidine rings is 1. The summed E-state index contributed by atoms with van der Waals surface area (Å²) in [6.07, 6.45) is 2.77. The summed E-state index contributed by atoms with van der Waals surface area (Å²) >= 11 is 0. The summed E-state index contributed by atoms with van der Waals surface area (Å²) in [4.78, 5) is 15.4. The summed E-state index contributed by atoms with van der Waals surface area (Å²) < 4.78 is 22.8. The van der Waals surface area contributed by atoms with Crippen LogP contribution in [0.3, 0.4) is 0 Å². The van der Waals surface area contributed by atoms with E-state index in [9.17, 15) is 4.79 Å². The van der Waals surface area contributed by atoms with Crippen molar-refractivity contribution in [2.75, 3.05) is 48.0 Å². The topological polar surface area (TPSA) is 95.3 Å². The van der Waals surface area contributed by atoms with Crippen molar-refractivity contribution in [3.05, 3.63) is 41.5 Å². The quantitative estimate of drug-likeness (QED) is 0.525. The zero-order valence-electron chi connectivity index (χ0n) is 20.1. The summed E-state index contributed by atoms with van der Waals surface area (Å²) in [5.41, 5.74) is 7.07. The van der Waals surface area contributed by atoms with Crippen LogP contribution in [0.2, 0.25) is 0 Å². The SMILES string of the molecule is COc1c(Oc2ccc(CCN)cc2)cc(C(=O)NC2CCCN(C)C2)c(OC)c1OC.Cl.Cl. The maximum Gasteiger partial charge on any atom is 0.255 e. The predicted octanol–water partition coefficient (Wildman–Crippen LogP) is 3.67. The molecule has 3 N–H and O–H groups in total. The number of methoxy groups -OCH3 is 3. The van der Waals surface area contributed by atoms with Gasteiger partial charge in [-0.25, -0.2) is 0 Å². The smallest absolute Gasteiger partial charge is 0.255 e. The minimum Gasteiger partial charge on any atom is -0.492 e. The first-order valence-electron chi connectivity index (χ1n) is 10.8. The molecule has 0 aliphatic carbocycles. The van der Waals surface area contributed by atoms with Crippen LogP contribution in [0.15, 0.2) is 30.3 Å². The van der Waals surface area contributed by atoms with E-state index in [1.54, 1.807) is 6.07 Å². The number of halogens is 2. The molecule has 1 unspecified atom stereocenters. The van der Waals surface area contributed by atoms with Gasteiger partial charge < -0.3 is 34.9 Å². The highest BCUT2D eigenvalue weighted by Gasteiger charge is 2.28. The van der Waals surface area contributed by atoms with Crippen LogP contribution in [-0.4, -0.2) is 64.9 Å². The fraction of sp³-hybridized carbons (Fsp3) is 0.458. The molecule has 1 fully saturated rings. The lowest BCUT2D eigenvalue weighted by Crippen LogP contribution is -2.46. The van der Waals surface area contributed by atoms with Gasteiger partial charge >= 0.3 is 0 Å². The van der Waals surface area contributed by atoms with Crippen LogP contribution in [0, 0.1) is 0 Å². The summed E-state index contributed by atoms with van der Waals surface area (Å²) in [5, 5.41) is 3.12. The molecule has 1 aliphatic rings. The number of carbonyl (C=O) groups excluding carboxylic acids is 1. The zero-order valence-corrected chi connectivity index (χ0v) is 21.7. The number of nitrogens with two attached hydrogens (primary N) is 1. The van der Waals surface area contributed by atoms with E-state index < -0.39 is 0 Å². The van der Waals surface area contributed by atoms with Crippen LogP contribution in [0.1, 0.15) is 28.8 Å². The van der Waals surface area contributed by atoms with Crippen LogP contribution >= 0.6 is 24.8 Å². The van der Waals surface area contributed by atoms with Crippen LogP contribution in [0.25, 0.3) is 0 Å². The summed E-state index contributed by atoms with van der Waals surface area (Å²) in [6, 6.07) is 9.34. The molecule has 1 heterocycles. The molecule has 190 valence electrons. The van der Waals surface area contributed by atoms with Gasteiger partial charge in [0, 0.05) is 18.7 Å². The molecule has 0 radical (unpaired) electrons.